The molecular weight excluding hydrogens is 372 g/mol. The molecule has 148 valence electrons. The number of hydrogen-bond donors (Lipinski definition) is 1. The lowest BCUT2D eigenvalue weighted by Crippen LogP contribution is -2.53. The minimum Gasteiger partial charge on any atom is -0.486 e. The minimum absolute atomic E-state index is 0.0598. The first kappa shape index (κ1) is 18.5. The number of benzene rings is 1. The highest BCUT2D eigenvalue weighted by atomic mass is 32.2. The van der Waals surface area contributed by atoms with Gasteiger partial charge >= 0.3 is 0 Å². The Morgan fingerprint density at radius 2 is 2.04 bits per heavy atom. The molecule has 2 bridgehead atoms. The number of carbonyl (C=O) groups is 1. The predicted molar refractivity (Wildman–Crippen MR) is 96.3 cm³/mol. The van der Waals surface area contributed by atoms with Gasteiger partial charge in [0.15, 0.2) is 11.5 Å². The van der Waals surface area contributed by atoms with Crippen LogP contribution in [0.25, 0.3) is 0 Å². The van der Waals surface area contributed by atoms with Crippen molar-refractivity contribution in [3.8, 4) is 11.5 Å². The summed E-state index contributed by atoms with van der Waals surface area (Å²) >= 11 is 0. The Morgan fingerprint density at radius 1 is 1.26 bits per heavy atom. The number of sulfonamides is 1. The van der Waals surface area contributed by atoms with Gasteiger partial charge in [-0.05, 0) is 37.3 Å². The van der Waals surface area contributed by atoms with Crippen molar-refractivity contribution in [3.63, 3.8) is 0 Å². The van der Waals surface area contributed by atoms with Crippen LogP contribution in [-0.4, -0.2) is 64.2 Å². The molecule has 8 nitrogen and oxygen atoms in total. The lowest BCUT2D eigenvalue weighted by molar-refractivity contribution is -0.126. The topological polar surface area (TPSA) is 94.2 Å². The molecule has 3 atom stereocenters. The molecule has 0 aromatic heterocycles. The van der Waals surface area contributed by atoms with Gasteiger partial charge < -0.3 is 19.5 Å². The van der Waals surface area contributed by atoms with Crippen LogP contribution in [0.2, 0.25) is 0 Å². The van der Waals surface area contributed by atoms with E-state index in [0.29, 0.717) is 37.9 Å². The first-order chi connectivity index (χ1) is 13.0. The number of nitrogens with one attached hydrogen (secondary N) is 1. The van der Waals surface area contributed by atoms with E-state index in [0.717, 1.165) is 19.3 Å². The monoisotopic (exact) mass is 396 g/mol. The number of rotatable bonds is 6. The number of methoxy groups -OCH3 is 1. The summed E-state index contributed by atoms with van der Waals surface area (Å²) < 4.78 is 44.1. The summed E-state index contributed by atoms with van der Waals surface area (Å²) in [6.45, 7) is 1.58. The molecule has 1 N–H and O–H groups in total. The smallest absolute Gasteiger partial charge is 0.244 e. The van der Waals surface area contributed by atoms with Crippen molar-refractivity contribution in [1.82, 2.24) is 9.62 Å². The van der Waals surface area contributed by atoms with Crippen LogP contribution in [0.5, 0.6) is 11.5 Å². The van der Waals surface area contributed by atoms with Gasteiger partial charge in [0, 0.05) is 25.8 Å². The average molecular weight is 396 g/mol. The van der Waals surface area contributed by atoms with Crippen LogP contribution in [0.4, 0.5) is 0 Å². The summed E-state index contributed by atoms with van der Waals surface area (Å²) in [7, 11) is -2.26. The molecule has 4 rings (SSSR count). The van der Waals surface area contributed by atoms with Gasteiger partial charge in [0.1, 0.15) is 19.3 Å². The molecule has 2 heterocycles. The number of ether oxygens (including phenoxy) is 3. The molecule has 1 aliphatic carbocycles. The second-order valence-corrected chi connectivity index (χ2v) is 8.94. The van der Waals surface area contributed by atoms with Gasteiger partial charge in [0.25, 0.3) is 0 Å². The highest BCUT2D eigenvalue weighted by Gasteiger charge is 2.54. The lowest BCUT2D eigenvalue weighted by atomic mass is 9.99. The normalized spacial score (nSPS) is 26.9. The molecule has 1 aromatic rings. The molecule has 2 fully saturated rings. The van der Waals surface area contributed by atoms with E-state index in [1.54, 1.807) is 13.2 Å². The van der Waals surface area contributed by atoms with Crippen molar-refractivity contribution in [2.75, 3.05) is 33.5 Å². The molecular formula is C18H24N2O6S. The Kier molecular flexibility index (Phi) is 5.00. The second kappa shape index (κ2) is 7.29. The van der Waals surface area contributed by atoms with Crippen molar-refractivity contribution in [3.05, 3.63) is 18.2 Å². The Labute approximate surface area is 158 Å². The Bertz CT molecular complexity index is 827. The van der Waals surface area contributed by atoms with Crippen molar-refractivity contribution in [2.24, 2.45) is 5.92 Å². The van der Waals surface area contributed by atoms with E-state index in [1.807, 2.05) is 0 Å². The highest BCUT2D eigenvalue weighted by molar-refractivity contribution is 7.89. The number of fused-ring (bicyclic) bond motifs is 3. The summed E-state index contributed by atoms with van der Waals surface area (Å²) in [5.41, 5.74) is 0. The van der Waals surface area contributed by atoms with Crippen LogP contribution in [0.3, 0.4) is 0 Å². The number of piperidine rings is 1. The standard InChI is InChI=1S/C18H24N2O6S/c1-24-7-6-19-18(21)17-12-2-3-13(10-12)20(17)27(22,23)14-4-5-15-16(11-14)26-9-8-25-15/h4-5,11-13,17H,2-3,6-10H2,1H3,(H,19,21)/t12-,13-,17+/m0/s1. The minimum atomic E-state index is -3.82. The summed E-state index contributed by atoms with van der Waals surface area (Å²) in [5.74, 6) is 0.773. The molecule has 1 saturated carbocycles. The maximum absolute atomic E-state index is 13.4. The summed E-state index contributed by atoms with van der Waals surface area (Å²) in [6.07, 6.45) is 2.39. The van der Waals surface area contributed by atoms with Crippen LogP contribution in [0, 0.1) is 5.92 Å². The Morgan fingerprint density at radius 3 is 2.81 bits per heavy atom. The van der Waals surface area contributed by atoms with Crippen LogP contribution in [-0.2, 0) is 19.6 Å². The van der Waals surface area contributed by atoms with Gasteiger partial charge in [0.05, 0.1) is 11.5 Å². The number of nitrogens with zero attached hydrogens (tertiary/aromatic N) is 1. The zero-order chi connectivity index (χ0) is 19.0. The fourth-order valence-electron chi connectivity index (χ4n) is 4.31. The van der Waals surface area contributed by atoms with E-state index in [9.17, 15) is 13.2 Å². The summed E-state index contributed by atoms with van der Waals surface area (Å²) in [5, 5.41) is 2.80. The summed E-state index contributed by atoms with van der Waals surface area (Å²) in [6, 6.07) is 3.83. The quantitative estimate of drug-likeness (QED) is 0.714. The van der Waals surface area contributed by atoms with Crippen LogP contribution >= 0.6 is 0 Å². The SMILES string of the molecule is COCCNC(=O)[C@H]1[C@H]2CC[C@@H](C2)N1S(=O)(=O)c1ccc2c(c1)OCCO2. The van der Waals surface area contributed by atoms with Gasteiger partial charge in [-0.25, -0.2) is 8.42 Å². The molecule has 1 amide bonds. The van der Waals surface area contributed by atoms with E-state index in [2.05, 4.69) is 5.32 Å². The summed E-state index contributed by atoms with van der Waals surface area (Å²) in [4.78, 5) is 12.8. The largest absolute Gasteiger partial charge is 0.486 e. The highest BCUT2D eigenvalue weighted by Crippen LogP contribution is 2.46. The number of amides is 1. The average Bonchev–Trinajstić information content (AvgIpc) is 3.29. The zero-order valence-corrected chi connectivity index (χ0v) is 16.0. The fourth-order valence-corrected chi connectivity index (χ4v) is 6.20. The molecule has 1 aromatic carbocycles. The molecule has 9 heteroatoms. The van der Waals surface area contributed by atoms with E-state index in [4.69, 9.17) is 14.2 Å². The van der Waals surface area contributed by atoms with E-state index >= 15 is 0 Å². The Hall–Kier alpha value is -1.84. The van der Waals surface area contributed by atoms with Crippen molar-refractivity contribution >= 4 is 15.9 Å². The number of hydrogen-bond acceptors (Lipinski definition) is 6. The second-order valence-electron chi connectivity index (χ2n) is 7.10. The third-order valence-electron chi connectivity index (χ3n) is 5.49. The van der Waals surface area contributed by atoms with Crippen LogP contribution in [0.1, 0.15) is 19.3 Å². The van der Waals surface area contributed by atoms with Gasteiger partial charge in [-0.3, -0.25) is 4.79 Å². The van der Waals surface area contributed by atoms with Gasteiger partial charge in [-0.2, -0.15) is 4.31 Å². The first-order valence-corrected chi connectivity index (χ1v) is 10.7. The first-order valence-electron chi connectivity index (χ1n) is 9.22. The molecule has 2 aliphatic heterocycles. The van der Waals surface area contributed by atoms with E-state index in [1.165, 1.54) is 16.4 Å². The van der Waals surface area contributed by atoms with Crippen molar-refractivity contribution < 1.29 is 27.4 Å². The van der Waals surface area contributed by atoms with Crippen molar-refractivity contribution in [1.29, 1.82) is 0 Å². The Balaban J connectivity index is 1.62. The third kappa shape index (κ3) is 3.28. The van der Waals surface area contributed by atoms with Crippen molar-refractivity contribution in [2.45, 2.75) is 36.2 Å². The lowest BCUT2D eigenvalue weighted by Gasteiger charge is -2.33. The third-order valence-corrected chi connectivity index (χ3v) is 7.42. The number of carbonyl (C=O) groups excluding carboxylic acids is 1. The molecule has 0 radical (unpaired) electrons. The predicted octanol–water partition coefficient (Wildman–Crippen LogP) is 0.762. The molecule has 1 saturated heterocycles. The van der Waals surface area contributed by atoms with E-state index < -0.39 is 16.1 Å². The molecule has 3 aliphatic rings. The van der Waals surface area contributed by atoms with Gasteiger partial charge in [-0.15, -0.1) is 0 Å². The fraction of sp³-hybridized carbons (Fsp3) is 0.611. The van der Waals surface area contributed by atoms with Crippen LogP contribution in [0.15, 0.2) is 23.1 Å². The molecule has 27 heavy (non-hydrogen) atoms. The maximum atomic E-state index is 13.4. The maximum Gasteiger partial charge on any atom is 0.244 e. The van der Waals surface area contributed by atoms with Crippen LogP contribution < -0.4 is 14.8 Å². The molecule has 0 spiro atoms. The van der Waals surface area contributed by atoms with Gasteiger partial charge in [0.2, 0.25) is 15.9 Å². The van der Waals surface area contributed by atoms with E-state index in [-0.39, 0.29) is 22.8 Å². The van der Waals surface area contributed by atoms with Gasteiger partial charge in [-0.1, -0.05) is 0 Å². The molecule has 0 unspecified atom stereocenters. The zero-order valence-electron chi connectivity index (χ0n) is 15.2.